The Labute approximate surface area is 130 Å². The van der Waals surface area contributed by atoms with Crippen molar-refractivity contribution in [3.63, 3.8) is 0 Å². The van der Waals surface area contributed by atoms with Crippen molar-refractivity contribution >= 4 is 43.3 Å². The number of aliphatic imine (C=N–C) groups is 1. The molecule has 3 nitrogen and oxygen atoms in total. The van der Waals surface area contributed by atoms with E-state index < -0.39 is 5.63 Å². The number of benzene rings is 2. The molecule has 0 aliphatic carbocycles. The minimum atomic E-state index is -0.390. The maximum atomic E-state index is 12.1. The summed E-state index contributed by atoms with van der Waals surface area (Å²) in [5.41, 5.74) is 2.59. The topological polar surface area (TPSA) is 42.6 Å². The third-order valence-corrected chi connectivity index (χ3v) is 4.10. The van der Waals surface area contributed by atoms with E-state index >= 15 is 0 Å². The molecule has 0 bridgehead atoms. The van der Waals surface area contributed by atoms with Crippen LogP contribution in [-0.2, 0) is 0 Å². The molecule has 0 saturated heterocycles. The molecule has 3 rings (SSSR count). The zero-order valence-electron chi connectivity index (χ0n) is 11.4. The number of hydrogen-bond donors (Lipinski definition) is 0. The van der Waals surface area contributed by atoms with Crippen molar-refractivity contribution in [1.82, 2.24) is 0 Å². The first-order chi connectivity index (χ1) is 10.1. The van der Waals surface area contributed by atoms with Gasteiger partial charge in [-0.15, -0.1) is 0 Å². The fourth-order valence-electron chi connectivity index (χ4n) is 2.02. The summed E-state index contributed by atoms with van der Waals surface area (Å²) in [5, 5.41) is 0.877. The minimum absolute atomic E-state index is 0.390. The average Bonchev–Trinajstić information content (AvgIpc) is 2.49. The quantitative estimate of drug-likeness (QED) is 0.409. The molecule has 0 saturated carbocycles. The molecule has 1 aromatic heterocycles. The van der Waals surface area contributed by atoms with Crippen LogP contribution < -0.4 is 10.1 Å². The summed E-state index contributed by atoms with van der Waals surface area (Å²) in [5.74, 6) is 0. The Hall–Kier alpha value is -2.16. The number of para-hydroxylation sites is 1. The van der Waals surface area contributed by atoms with Crippen LogP contribution in [0, 0.1) is 6.92 Å². The molecule has 0 unspecified atom stereocenters. The van der Waals surface area contributed by atoms with Gasteiger partial charge in [0.1, 0.15) is 0 Å². The molecule has 2 aromatic carbocycles. The molecule has 103 valence electrons. The Morgan fingerprint density at radius 2 is 1.81 bits per heavy atom. The van der Waals surface area contributed by atoms with Crippen LogP contribution in [0.5, 0.6) is 0 Å². The van der Waals surface area contributed by atoms with E-state index in [-0.39, 0.29) is 0 Å². The summed E-state index contributed by atoms with van der Waals surface area (Å²) >= 11 is 2.95. The molecule has 4 heteroatoms. The van der Waals surface area contributed by atoms with Crippen molar-refractivity contribution in [1.29, 1.82) is 0 Å². The van der Waals surface area contributed by atoms with Gasteiger partial charge < -0.3 is 0 Å². The SMILES string of the molecule is Cc1ccc(N=Cc2c([Se])c3ccccc3oc2=O)cc1. The molecule has 0 spiro atoms. The van der Waals surface area contributed by atoms with Crippen LogP contribution in [0.1, 0.15) is 11.1 Å². The summed E-state index contributed by atoms with van der Waals surface area (Å²) in [6.07, 6.45) is 1.55. The van der Waals surface area contributed by atoms with Crippen LogP contribution in [-0.4, -0.2) is 22.2 Å². The number of rotatable bonds is 2. The molecule has 0 atom stereocenters. The van der Waals surface area contributed by atoms with E-state index in [9.17, 15) is 4.79 Å². The van der Waals surface area contributed by atoms with Crippen LogP contribution in [0.3, 0.4) is 0 Å². The number of hydrogen-bond acceptors (Lipinski definition) is 3. The van der Waals surface area contributed by atoms with Gasteiger partial charge in [-0.05, 0) is 0 Å². The molecule has 0 fully saturated rings. The van der Waals surface area contributed by atoms with Crippen molar-refractivity contribution in [3.8, 4) is 0 Å². The van der Waals surface area contributed by atoms with Crippen molar-refractivity contribution in [2.75, 3.05) is 0 Å². The Balaban J connectivity index is 2.08. The first-order valence-corrected chi connectivity index (χ1v) is 7.34. The standard InChI is InChI=1S/C17H12NO2Se/c1-11-6-8-12(9-7-11)18-10-14-16(21)13-4-2-3-5-15(13)20-17(14)19/h2-10H,1H3. The predicted molar refractivity (Wildman–Crippen MR) is 86.3 cm³/mol. The number of aryl methyl sites for hydroxylation is 1. The summed E-state index contributed by atoms with van der Waals surface area (Å²) in [6, 6.07) is 15.2. The zero-order valence-corrected chi connectivity index (χ0v) is 13.1. The van der Waals surface area contributed by atoms with Crippen LogP contribution in [0.2, 0.25) is 0 Å². The molecule has 0 aliphatic rings. The molecule has 1 radical (unpaired) electrons. The molecule has 0 aliphatic heterocycles. The summed E-state index contributed by atoms with van der Waals surface area (Å²) in [7, 11) is 0. The van der Waals surface area contributed by atoms with E-state index in [0.29, 0.717) is 11.1 Å². The van der Waals surface area contributed by atoms with Crippen molar-refractivity contribution in [2.24, 2.45) is 4.99 Å². The fraction of sp³-hybridized carbons (Fsp3) is 0.0588. The van der Waals surface area contributed by atoms with E-state index in [4.69, 9.17) is 4.42 Å². The first kappa shape index (κ1) is 13.8. The van der Waals surface area contributed by atoms with Crippen molar-refractivity contribution in [2.45, 2.75) is 6.92 Å². The number of fused-ring (bicyclic) bond motifs is 1. The number of nitrogens with zero attached hydrogens (tertiary/aromatic N) is 1. The van der Waals surface area contributed by atoms with Crippen LogP contribution in [0.25, 0.3) is 11.0 Å². The first-order valence-electron chi connectivity index (χ1n) is 6.49. The van der Waals surface area contributed by atoms with Gasteiger partial charge in [0.05, 0.1) is 0 Å². The Kier molecular flexibility index (Phi) is 3.74. The van der Waals surface area contributed by atoms with Crippen LogP contribution in [0.15, 0.2) is 62.7 Å². The molecular weight excluding hydrogens is 329 g/mol. The van der Waals surface area contributed by atoms with Gasteiger partial charge in [-0.2, -0.15) is 0 Å². The van der Waals surface area contributed by atoms with E-state index in [1.54, 1.807) is 12.3 Å². The van der Waals surface area contributed by atoms with Gasteiger partial charge in [-0.1, -0.05) is 0 Å². The van der Waals surface area contributed by atoms with E-state index in [1.807, 2.05) is 49.4 Å². The van der Waals surface area contributed by atoms with Crippen molar-refractivity contribution < 1.29 is 4.42 Å². The normalized spacial score (nSPS) is 11.3. The van der Waals surface area contributed by atoms with Gasteiger partial charge in [0.25, 0.3) is 0 Å². The van der Waals surface area contributed by atoms with E-state index in [1.165, 1.54) is 5.56 Å². The third-order valence-electron chi connectivity index (χ3n) is 3.18. The molecule has 3 aromatic rings. The van der Waals surface area contributed by atoms with Gasteiger partial charge in [0.2, 0.25) is 0 Å². The predicted octanol–water partition coefficient (Wildman–Crippen LogP) is 2.65. The Morgan fingerprint density at radius 3 is 2.57 bits per heavy atom. The van der Waals surface area contributed by atoms with E-state index in [0.717, 1.165) is 15.5 Å². The monoisotopic (exact) mass is 342 g/mol. The van der Waals surface area contributed by atoms with Crippen LogP contribution in [0.4, 0.5) is 5.69 Å². The molecular formula is C17H12NO2Se. The summed E-state index contributed by atoms with van der Waals surface area (Å²) in [6.45, 7) is 2.02. The van der Waals surface area contributed by atoms with Gasteiger partial charge >= 0.3 is 130 Å². The molecule has 0 amide bonds. The van der Waals surface area contributed by atoms with Crippen LogP contribution >= 0.6 is 0 Å². The average molecular weight is 341 g/mol. The van der Waals surface area contributed by atoms with Crippen molar-refractivity contribution in [3.05, 3.63) is 70.1 Å². The van der Waals surface area contributed by atoms with Gasteiger partial charge in [0.15, 0.2) is 0 Å². The van der Waals surface area contributed by atoms with Gasteiger partial charge in [-0.25, -0.2) is 0 Å². The maximum absolute atomic E-state index is 12.1. The Morgan fingerprint density at radius 1 is 1.10 bits per heavy atom. The third kappa shape index (κ3) is 2.82. The second kappa shape index (κ2) is 5.68. The summed E-state index contributed by atoms with van der Waals surface area (Å²) in [4.78, 5) is 16.4. The molecule has 1 heterocycles. The van der Waals surface area contributed by atoms with Gasteiger partial charge in [0, 0.05) is 0 Å². The fourth-order valence-corrected chi connectivity index (χ4v) is 2.66. The molecule has 21 heavy (non-hydrogen) atoms. The second-order valence-corrected chi connectivity index (χ2v) is 5.58. The second-order valence-electron chi connectivity index (χ2n) is 4.72. The Bertz CT molecular complexity index is 879. The van der Waals surface area contributed by atoms with E-state index in [2.05, 4.69) is 21.0 Å². The summed E-state index contributed by atoms with van der Waals surface area (Å²) < 4.78 is 6.08. The molecule has 0 N–H and O–H groups in total. The zero-order chi connectivity index (χ0) is 14.8. The van der Waals surface area contributed by atoms with Gasteiger partial charge in [-0.3, -0.25) is 0 Å².